The van der Waals surface area contributed by atoms with Crippen molar-refractivity contribution in [3.63, 3.8) is 0 Å². The second kappa shape index (κ2) is 10.8. The number of nitrogens with two attached hydrogens (primary N) is 2. The Balaban J connectivity index is 1.68. The summed E-state index contributed by atoms with van der Waals surface area (Å²) in [6.07, 6.45) is 9.61. The highest BCUT2D eigenvalue weighted by Gasteiger charge is 2.28. The van der Waals surface area contributed by atoms with Crippen molar-refractivity contribution in [1.82, 2.24) is 4.57 Å². The van der Waals surface area contributed by atoms with E-state index in [1.165, 1.54) is 0 Å². The number of esters is 1. The van der Waals surface area contributed by atoms with Crippen LogP contribution in [0.3, 0.4) is 0 Å². The largest absolute Gasteiger partial charge is 0.494 e. The van der Waals surface area contributed by atoms with Gasteiger partial charge in [-0.25, -0.2) is 0 Å². The number of nitrogens with zero attached hydrogens (tertiary/aromatic N) is 1. The lowest BCUT2D eigenvalue weighted by Crippen LogP contribution is -2.52. The Morgan fingerprint density at radius 2 is 1.94 bits per heavy atom. The van der Waals surface area contributed by atoms with E-state index in [0.29, 0.717) is 13.0 Å². The van der Waals surface area contributed by atoms with Gasteiger partial charge in [0.15, 0.2) is 0 Å². The van der Waals surface area contributed by atoms with E-state index in [-0.39, 0.29) is 24.8 Å². The van der Waals surface area contributed by atoms with Crippen LogP contribution in [0.25, 0.3) is 16.5 Å². The topological polar surface area (TPSA) is 110 Å². The molecule has 0 bridgehead atoms. The SMILES string of the molecule is CC(C)n1c(=O)c(C2=CCCC=C2)cc2cc(OCCCCOC(=O)C(C)(N)CN)ccc21. The first-order valence-electron chi connectivity index (χ1n) is 11.6. The van der Waals surface area contributed by atoms with Gasteiger partial charge in [0.1, 0.15) is 11.3 Å². The Labute approximate surface area is 195 Å². The summed E-state index contributed by atoms with van der Waals surface area (Å²) in [6.45, 7) is 6.41. The minimum Gasteiger partial charge on any atom is -0.494 e. The summed E-state index contributed by atoms with van der Waals surface area (Å²) in [6, 6.07) is 7.81. The van der Waals surface area contributed by atoms with Crippen molar-refractivity contribution < 1.29 is 14.3 Å². The molecule has 1 atom stereocenters. The molecule has 1 unspecified atom stereocenters. The minimum atomic E-state index is -1.15. The van der Waals surface area contributed by atoms with Crippen LogP contribution in [0.5, 0.6) is 5.75 Å². The molecule has 2 aromatic rings. The van der Waals surface area contributed by atoms with Crippen LogP contribution in [0.15, 0.2) is 47.3 Å². The molecule has 1 aliphatic carbocycles. The Kier molecular flexibility index (Phi) is 8.10. The van der Waals surface area contributed by atoms with Crippen LogP contribution in [-0.2, 0) is 9.53 Å². The van der Waals surface area contributed by atoms with Gasteiger partial charge in [-0.3, -0.25) is 9.59 Å². The third-order valence-electron chi connectivity index (χ3n) is 5.76. The molecule has 0 saturated carbocycles. The van der Waals surface area contributed by atoms with E-state index in [2.05, 4.69) is 12.2 Å². The Hall–Kier alpha value is -2.90. The van der Waals surface area contributed by atoms with Gasteiger partial charge in [-0.2, -0.15) is 0 Å². The maximum Gasteiger partial charge on any atom is 0.327 e. The van der Waals surface area contributed by atoms with Crippen LogP contribution in [0, 0.1) is 0 Å². The smallest absolute Gasteiger partial charge is 0.327 e. The zero-order chi connectivity index (χ0) is 24.0. The molecular weight excluding hydrogens is 418 g/mol. The number of aromatic nitrogens is 1. The highest BCUT2D eigenvalue weighted by Crippen LogP contribution is 2.27. The molecule has 0 amide bonds. The second-order valence-corrected chi connectivity index (χ2v) is 9.00. The van der Waals surface area contributed by atoms with Crippen molar-refractivity contribution in [2.75, 3.05) is 19.8 Å². The number of unbranched alkanes of at least 4 members (excludes halogenated alkanes) is 1. The molecule has 1 aromatic carbocycles. The molecule has 0 spiro atoms. The van der Waals surface area contributed by atoms with Gasteiger partial charge >= 0.3 is 5.97 Å². The molecule has 178 valence electrons. The van der Waals surface area contributed by atoms with Gasteiger partial charge in [0, 0.05) is 23.5 Å². The molecule has 1 aliphatic rings. The van der Waals surface area contributed by atoms with Crippen LogP contribution < -0.4 is 21.8 Å². The fraction of sp³-hybridized carbons (Fsp3) is 0.462. The molecule has 0 aliphatic heterocycles. The average Bonchev–Trinajstić information content (AvgIpc) is 2.81. The first kappa shape index (κ1) is 24.7. The molecule has 4 N–H and O–H groups in total. The molecular formula is C26H35N3O4. The predicted molar refractivity (Wildman–Crippen MR) is 132 cm³/mol. The van der Waals surface area contributed by atoms with Gasteiger partial charge in [0.05, 0.1) is 18.7 Å². The van der Waals surface area contributed by atoms with Crippen LogP contribution >= 0.6 is 0 Å². The first-order valence-corrected chi connectivity index (χ1v) is 11.6. The fourth-order valence-corrected chi connectivity index (χ4v) is 3.75. The monoisotopic (exact) mass is 453 g/mol. The third kappa shape index (κ3) is 5.92. The summed E-state index contributed by atoms with van der Waals surface area (Å²) >= 11 is 0. The molecule has 0 saturated heterocycles. The van der Waals surface area contributed by atoms with Crippen LogP contribution in [-0.4, -0.2) is 35.8 Å². The third-order valence-corrected chi connectivity index (χ3v) is 5.76. The summed E-state index contributed by atoms with van der Waals surface area (Å²) < 4.78 is 13.0. The van der Waals surface area contributed by atoms with Crippen LogP contribution in [0.2, 0.25) is 0 Å². The van der Waals surface area contributed by atoms with Gasteiger partial charge in [-0.05, 0) is 76.3 Å². The van der Waals surface area contributed by atoms with Crippen molar-refractivity contribution in [1.29, 1.82) is 0 Å². The number of carbonyl (C=O) groups is 1. The van der Waals surface area contributed by atoms with E-state index >= 15 is 0 Å². The molecule has 7 nitrogen and oxygen atoms in total. The quantitative estimate of drug-likeness (QED) is 0.419. The van der Waals surface area contributed by atoms with Gasteiger partial charge in [0.25, 0.3) is 5.56 Å². The van der Waals surface area contributed by atoms with Gasteiger partial charge in [-0.1, -0.05) is 18.2 Å². The highest BCUT2D eigenvalue weighted by atomic mass is 16.5. The van der Waals surface area contributed by atoms with Crippen molar-refractivity contribution in [3.05, 3.63) is 58.4 Å². The zero-order valence-corrected chi connectivity index (χ0v) is 19.8. The average molecular weight is 454 g/mol. The minimum absolute atomic E-state index is 0.0294. The lowest BCUT2D eigenvalue weighted by molar-refractivity contribution is -0.149. The molecule has 1 aromatic heterocycles. The molecule has 0 radical (unpaired) electrons. The first-order chi connectivity index (χ1) is 15.7. The number of carbonyl (C=O) groups excluding carboxylic acids is 1. The molecule has 1 heterocycles. The van der Waals surface area contributed by atoms with E-state index in [1.54, 1.807) is 6.92 Å². The van der Waals surface area contributed by atoms with Gasteiger partial charge < -0.3 is 25.5 Å². The van der Waals surface area contributed by atoms with E-state index in [1.807, 2.05) is 48.8 Å². The van der Waals surface area contributed by atoms with E-state index < -0.39 is 11.5 Å². The van der Waals surface area contributed by atoms with Crippen molar-refractivity contribution in [3.8, 4) is 5.75 Å². The predicted octanol–water partition coefficient (Wildman–Crippen LogP) is 3.69. The Morgan fingerprint density at radius 1 is 1.18 bits per heavy atom. The number of fused-ring (bicyclic) bond motifs is 1. The number of rotatable bonds is 10. The maximum atomic E-state index is 13.2. The van der Waals surface area contributed by atoms with E-state index in [9.17, 15) is 9.59 Å². The summed E-state index contributed by atoms with van der Waals surface area (Å²) in [5, 5.41) is 0.966. The lowest BCUT2D eigenvalue weighted by Gasteiger charge is -2.20. The molecule has 33 heavy (non-hydrogen) atoms. The molecule has 0 fully saturated rings. The summed E-state index contributed by atoms with van der Waals surface area (Å²) in [4.78, 5) is 25.0. The Morgan fingerprint density at radius 3 is 2.61 bits per heavy atom. The van der Waals surface area contributed by atoms with Crippen LogP contribution in [0.1, 0.15) is 58.1 Å². The zero-order valence-electron chi connectivity index (χ0n) is 19.8. The number of hydrogen-bond acceptors (Lipinski definition) is 6. The standard InChI is InChI=1S/C26H35N3O4/c1-18(2)29-23-12-11-21(32-13-7-8-14-33-25(31)26(3,28)17-27)15-20(23)16-22(24(29)30)19-9-5-4-6-10-19/h5,9-12,15-16,18H,4,6-8,13-14,17,27-28H2,1-3H3. The summed E-state index contributed by atoms with van der Waals surface area (Å²) in [5.74, 6) is 0.251. The maximum absolute atomic E-state index is 13.2. The number of hydrogen-bond donors (Lipinski definition) is 2. The lowest BCUT2D eigenvalue weighted by atomic mass is 9.99. The van der Waals surface area contributed by atoms with Gasteiger partial charge in [0.2, 0.25) is 0 Å². The fourth-order valence-electron chi connectivity index (χ4n) is 3.75. The second-order valence-electron chi connectivity index (χ2n) is 9.00. The highest BCUT2D eigenvalue weighted by molar-refractivity contribution is 5.86. The van der Waals surface area contributed by atoms with Gasteiger partial charge in [-0.15, -0.1) is 0 Å². The number of ether oxygens (including phenoxy) is 2. The van der Waals surface area contributed by atoms with Crippen molar-refractivity contribution in [2.45, 2.75) is 58.0 Å². The molecule has 3 rings (SSSR count). The number of benzene rings is 1. The van der Waals surface area contributed by atoms with E-state index in [4.69, 9.17) is 20.9 Å². The number of pyridine rings is 1. The normalized spacial score (nSPS) is 15.4. The summed E-state index contributed by atoms with van der Waals surface area (Å²) in [7, 11) is 0. The van der Waals surface area contributed by atoms with Crippen LogP contribution in [0.4, 0.5) is 0 Å². The summed E-state index contributed by atoms with van der Waals surface area (Å²) in [5.41, 5.74) is 12.7. The van der Waals surface area contributed by atoms with Crippen molar-refractivity contribution >= 4 is 22.4 Å². The van der Waals surface area contributed by atoms with E-state index in [0.717, 1.165) is 47.1 Å². The van der Waals surface area contributed by atoms with Crippen molar-refractivity contribution in [2.24, 2.45) is 11.5 Å². The molecule has 7 heteroatoms. The number of allylic oxidation sites excluding steroid dienone is 4. The Bertz CT molecular complexity index is 1110.